The number of fused-ring (bicyclic) bond motifs is 4. The lowest BCUT2D eigenvalue weighted by atomic mass is 9.89. The van der Waals surface area contributed by atoms with E-state index in [2.05, 4.69) is 16.9 Å². The highest BCUT2D eigenvalue weighted by Crippen LogP contribution is 2.36. The Balaban J connectivity index is 1.26. The molecule has 0 bridgehead atoms. The first-order valence-electron chi connectivity index (χ1n) is 12.8. The average molecular weight is 566 g/mol. The van der Waals surface area contributed by atoms with Gasteiger partial charge in [-0.3, -0.25) is 9.10 Å². The number of esters is 1. The van der Waals surface area contributed by atoms with Gasteiger partial charge in [-0.15, -0.1) is 11.3 Å². The molecular formula is C28H27N3O6S2. The highest BCUT2D eigenvalue weighted by atomic mass is 32.2. The minimum absolute atomic E-state index is 0.0324. The lowest BCUT2D eigenvalue weighted by Gasteiger charge is -2.20. The third kappa shape index (κ3) is 4.49. The van der Waals surface area contributed by atoms with Crippen molar-refractivity contribution >= 4 is 43.2 Å². The molecule has 9 nitrogen and oxygen atoms in total. The Morgan fingerprint density at radius 2 is 2.03 bits per heavy atom. The number of carbonyl (C=O) groups is 1. The number of para-hydroxylation sites is 1. The van der Waals surface area contributed by atoms with Crippen LogP contribution >= 0.6 is 11.3 Å². The van der Waals surface area contributed by atoms with Gasteiger partial charge in [0.15, 0.2) is 0 Å². The van der Waals surface area contributed by atoms with Gasteiger partial charge in [0.25, 0.3) is 15.6 Å². The Morgan fingerprint density at radius 3 is 2.85 bits per heavy atom. The van der Waals surface area contributed by atoms with Crippen LogP contribution in [0.2, 0.25) is 0 Å². The van der Waals surface area contributed by atoms with Crippen molar-refractivity contribution in [1.29, 1.82) is 0 Å². The van der Waals surface area contributed by atoms with E-state index < -0.39 is 16.0 Å². The molecule has 0 radical (unpaired) electrons. The summed E-state index contributed by atoms with van der Waals surface area (Å²) in [6, 6.07) is 11.5. The van der Waals surface area contributed by atoms with Crippen LogP contribution in [0.25, 0.3) is 10.2 Å². The molecule has 2 aliphatic rings. The van der Waals surface area contributed by atoms with Crippen molar-refractivity contribution in [2.45, 2.75) is 44.1 Å². The summed E-state index contributed by atoms with van der Waals surface area (Å²) in [5, 5.41) is 0.625. The van der Waals surface area contributed by atoms with Crippen LogP contribution < -0.4 is 14.6 Å². The highest BCUT2D eigenvalue weighted by Gasteiger charge is 2.32. The summed E-state index contributed by atoms with van der Waals surface area (Å²) in [7, 11) is -2.53. The molecule has 0 saturated carbocycles. The molecule has 2 aromatic heterocycles. The molecule has 1 N–H and O–H groups in total. The second-order valence-electron chi connectivity index (χ2n) is 9.94. The van der Waals surface area contributed by atoms with Gasteiger partial charge in [-0.25, -0.2) is 18.2 Å². The first-order valence-corrected chi connectivity index (χ1v) is 15.0. The summed E-state index contributed by atoms with van der Waals surface area (Å²) in [4.78, 5) is 35.1. The maximum atomic E-state index is 13.5. The Morgan fingerprint density at radius 1 is 1.21 bits per heavy atom. The number of rotatable bonds is 6. The highest BCUT2D eigenvalue weighted by molar-refractivity contribution is 7.92. The molecule has 202 valence electrons. The van der Waals surface area contributed by atoms with Gasteiger partial charge < -0.3 is 14.5 Å². The van der Waals surface area contributed by atoms with E-state index >= 15 is 0 Å². The largest absolute Gasteiger partial charge is 0.496 e. The van der Waals surface area contributed by atoms with Crippen molar-refractivity contribution in [3.05, 3.63) is 80.2 Å². The standard InChI is InChI=1S/C28H27N3O6S2/c1-16-7-9-19-23(13-16)38-27-25(19)26(32)29-24(30-27)15-37-28(33)20-14-18(8-10-22(20)36-2)39(34,35)31-12-11-17-5-3-4-6-21(17)31/h3-6,8,10,14,16H,7,9,11-13,15H2,1-2H3,(H,29,30,32). The summed E-state index contributed by atoms with van der Waals surface area (Å²) in [5.41, 5.74) is 2.39. The summed E-state index contributed by atoms with van der Waals surface area (Å²) in [5.74, 6) is 0.189. The molecule has 0 fully saturated rings. The van der Waals surface area contributed by atoms with Gasteiger partial charge in [0.1, 0.15) is 28.6 Å². The molecule has 1 unspecified atom stereocenters. The number of nitrogens with one attached hydrogen (secondary N) is 1. The fourth-order valence-corrected chi connectivity index (χ4v) is 8.30. The number of anilines is 1. The van der Waals surface area contributed by atoms with Crippen LogP contribution in [0.5, 0.6) is 5.75 Å². The van der Waals surface area contributed by atoms with Crippen LogP contribution in [0, 0.1) is 5.92 Å². The zero-order valence-corrected chi connectivity index (χ0v) is 23.2. The molecule has 6 rings (SSSR count). The first kappa shape index (κ1) is 25.6. The van der Waals surface area contributed by atoms with Crippen LogP contribution in [-0.2, 0) is 40.6 Å². The fraction of sp³-hybridized carbons (Fsp3) is 0.321. The van der Waals surface area contributed by atoms with Gasteiger partial charge in [0.05, 0.1) is 23.1 Å². The summed E-state index contributed by atoms with van der Waals surface area (Å²) >= 11 is 1.52. The van der Waals surface area contributed by atoms with E-state index in [9.17, 15) is 18.0 Å². The van der Waals surface area contributed by atoms with E-state index in [1.165, 1.54) is 45.8 Å². The van der Waals surface area contributed by atoms with Crippen molar-refractivity contribution in [2.75, 3.05) is 18.0 Å². The van der Waals surface area contributed by atoms with E-state index in [1.807, 2.05) is 12.1 Å². The van der Waals surface area contributed by atoms with Crippen LogP contribution in [-0.4, -0.2) is 38.0 Å². The summed E-state index contributed by atoms with van der Waals surface area (Å²) in [6.07, 6.45) is 3.45. The predicted molar refractivity (Wildman–Crippen MR) is 148 cm³/mol. The molecule has 1 aliphatic carbocycles. The number of aryl methyl sites for hydroxylation is 1. The van der Waals surface area contributed by atoms with Crippen molar-refractivity contribution in [2.24, 2.45) is 5.92 Å². The number of sulfonamides is 1. The number of aromatic nitrogens is 2. The Labute approximate surface area is 229 Å². The van der Waals surface area contributed by atoms with Crippen molar-refractivity contribution in [3.8, 4) is 5.75 Å². The van der Waals surface area contributed by atoms with Gasteiger partial charge in [0.2, 0.25) is 0 Å². The normalized spacial score (nSPS) is 16.7. The molecule has 4 aromatic rings. The van der Waals surface area contributed by atoms with E-state index in [1.54, 1.807) is 12.1 Å². The van der Waals surface area contributed by atoms with Gasteiger partial charge in [-0.1, -0.05) is 25.1 Å². The number of aromatic amines is 1. The molecule has 11 heteroatoms. The quantitative estimate of drug-likeness (QED) is 0.348. The van der Waals surface area contributed by atoms with E-state index in [0.717, 1.165) is 30.4 Å². The maximum absolute atomic E-state index is 13.5. The SMILES string of the molecule is COc1ccc(S(=O)(=O)N2CCc3ccccc32)cc1C(=O)OCc1nc2sc3c(c2c(=O)[nH]1)CCC(C)C3. The van der Waals surface area contributed by atoms with E-state index in [4.69, 9.17) is 9.47 Å². The number of hydrogen-bond acceptors (Lipinski definition) is 8. The Kier molecular flexibility index (Phi) is 6.43. The van der Waals surface area contributed by atoms with E-state index in [-0.39, 0.29) is 34.2 Å². The fourth-order valence-electron chi connectivity index (χ4n) is 5.37. The van der Waals surface area contributed by atoms with Crippen LogP contribution in [0.3, 0.4) is 0 Å². The van der Waals surface area contributed by atoms with Crippen LogP contribution in [0.1, 0.15) is 45.5 Å². The minimum atomic E-state index is -3.92. The van der Waals surface area contributed by atoms with Crippen molar-refractivity contribution in [1.82, 2.24) is 9.97 Å². The van der Waals surface area contributed by atoms with Gasteiger partial charge in [-0.2, -0.15) is 0 Å². The molecule has 0 spiro atoms. The lowest BCUT2D eigenvalue weighted by molar-refractivity contribution is 0.0458. The second kappa shape index (κ2) is 9.80. The van der Waals surface area contributed by atoms with E-state index in [0.29, 0.717) is 34.8 Å². The molecule has 3 heterocycles. The molecule has 0 amide bonds. The zero-order chi connectivity index (χ0) is 27.3. The van der Waals surface area contributed by atoms with Crippen LogP contribution in [0.4, 0.5) is 5.69 Å². The molecule has 2 aromatic carbocycles. The minimum Gasteiger partial charge on any atom is -0.496 e. The van der Waals surface area contributed by atoms with Crippen molar-refractivity contribution in [3.63, 3.8) is 0 Å². The first-order chi connectivity index (χ1) is 18.8. The molecule has 0 saturated heterocycles. The van der Waals surface area contributed by atoms with Crippen molar-refractivity contribution < 1.29 is 22.7 Å². The number of H-pyrrole nitrogens is 1. The molecule has 1 aliphatic heterocycles. The molecular weight excluding hydrogens is 538 g/mol. The topological polar surface area (TPSA) is 119 Å². The third-order valence-corrected chi connectivity index (χ3v) is 10.3. The van der Waals surface area contributed by atoms with Gasteiger partial charge >= 0.3 is 5.97 Å². The number of carbonyl (C=O) groups excluding carboxylic acids is 1. The average Bonchev–Trinajstić information content (AvgIpc) is 3.53. The number of benzene rings is 2. The van der Waals surface area contributed by atoms with Gasteiger partial charge in [0, 0.05) is 11.4 Å². The molecule has 1 atom stereocenters. The summed E-state index contributed by atoms with van der Waals surface area (Å²) in [6.45, 7) is 2.25. The zero-order valence-electron chi connectivity index (χ0n) is 21.5. The van der Waals surface area contributed by atoms with Crippen LogP contribution in [0.15, 0.2) is 52.2 Å². The number of thiophene rings is 1. The number of nitrogens with zero attached hydrogens (tertiary/aromatic N) is 2. The maximum Gasteiger partial charge on any atom is 0.342 e. The number of hydrogen-bond donors (Lipinski definition) is 1. The Bertz CT molecular complexity index is 1780. The van der Waals surface area contributed by atoms with Gasteiger partial charge in [-0.05, 0) is 67.0 Å². The Hall–Kier alpha value is -3.70. The summed E-state index contributed by atoms with van der Waals surface area (Å²) < 4.78 is 39.1. The third-order valence-electron chi connectivity index (χ3n) is 7.38. The second-order valence-corrected chi connectivity index (χ2v) is 12.9. The predicted octanol–water partition coefficient (Wildman–Crippen LogP) is 4.23. The number of ether oxygens (including phenoxy) is 2. The lowest BCUT2D eigenvalue weighted by Crippen LogP contribution is -2.29. The monoisotopic (exact) mass is 565 g/mol. The molecule has 39 heavy (non-hydrogen) atoms. The number of methoxy groups -OCH3 is 1. The smallest absolute Gasteiger partial charge is 0.342 e.